The van der Waals surface area contributed by atoms with Gasteiger partial charge in [-0.25, -0.2) is 0 Å². The zero-order valence-electron chi connectivity index (χ0n) is 12.3. The van der Waals surface area contributed by atoms with Crippen molar-refractivity contribution < 1.29 is 13.6 Å². The van der Waals surface area contributed by atoms with E-state index in [-0.39, 0.29) is 17.1 Å². The maximum atomic E-state index is 12.1. The summed E-state index contributed by atoms with van der Waals surface area (Å²) >= 11 is 1.22. The molecule has 0 amide bonds. The second-order valence-corrected chi connectivity index (χ2v) is 6.22. The molecule has 0 aliphatic carbocycles. The van der Waals surface area contributed by atoms with Gasteiger partial charge < -0.3 is 13.8 Å². The Balaban J connectivity index is 1.75. The third kappa shape index (κ3) is 2.75. The summed E-state index contributed by atoms with van der Waals surface area (Å²) in [5.74, 6) is -0.0518. The predicted octanol–water partition coefficient (Wildman–Crippen LogP) is 2.27. The summed E-state index contributed by atoms with van der Waals surface area (Å²) in [5.41, 5.74) is 1.45. The fourth-order valence-corrected chi connectivity index (χ4v) is 3.24. The lowest BCUT2D eigenvalue weighted by Gasteiger charge is -1.91. The number of rotatable bonds is 3. The van der Waals surface area contributed by atoms with Gasteiger partial charge in [-0.15, -0.1) is 11.3 Å². The normalized spacial score (nSPS) is 13.0. The minimum Gasteiger partial charge on any atom is -0.464 e. The lowest BCUT2D eigenvalue weighted by molar-refractivity contribution is 0.103. The van der Waals surface area contributed by atoms with Gasteiger partial charge in [-0.05, 0) is 42.0 Å². The number of hydrogen-bond acceptors (Lipinski definition) is 5. The van der Waals surface area contributed by atoms with Crippen LogP contribution in [0.25, 0.3) is 23.1 Å². The maximum Gasteiger partial charge on any atom is 0.266 e. The summed E-state index contributed by atoms with van der Waals surface area (Å²) in [5, 5.41) is 0.969. The van der Waals surface area contributed by atoms with Crippen LogP contribution in [0.1, 0.15) is 16.1 Å². The monoisotopic (exact) mass is 337 g/mol. The first-order valence-electron chi connectivity index (χ1n) is 7.17. The number of H-pyrrole nitrogens is 1. The summed E-state index contributed by atoms with van der Waals surface area (Å²) in [4.78, 5) is 26.7. The minimum atomic E-state index is -0.288. The molecular formula is C18H11NO4S. The van der Waals surface area contributed by atoms with Crippen LogP contribution < -0.4 is 14.8 Å². The molecule has 0 atom stereocenters. The van der Waals surface area contributed by atoms with Crippen LogP contribution in [0.3, 0.4) is 0 Å². The van der Waals surface area contributed by atoms with Crippen LogP contribution >= 0.6 is 11.3 Å². The average Bonchev–Trinajstić information content (AvgIpc) is 3.29. The highest BCUT2D eigenvalue weighted by atomic mass is 32.1. The Morgan fingerprint density at radius 1 is 1.12 bits per heavy atom. The topological polar surface area (TPSA) is 76.2 Å². The first-order chi connectivity index (χ1) is 11.7. The first-order valence-corrected chi connectivity index (χ1v) is 7.98. The molecule has 0 saturated heterocycles. The summed E-state index contributed by atoms with van der Waals surface area (Å²) < 4.78 is 11.4. The number of Topliss-reactive ketones (excluding diaryl/α,β-unsaturated/α-hetero) is 1. The third-order valence-electron chi connectivity index (χ3n) is 3.48. The van der Waals surface area contributed by atoms with E-state index in [4.69, 9.17) is 8.83 Å². The van der Waals surface area contributed by atoms with Crippen molar-refractivity contribution >= 4 is 40.2 Å². The van der Waals surface area contributed by atoms with E-state index >= 15 is 0 Å². The van der Waals surface area contributed by atoms with Gasteiger partial charge in [0.05, 0.1) is 21.7 Å². The molecular weight excluding hydrogens is 326 g/mol. The van der Waals surface area contributed by atoms with Gasteiger partial charge in [-0.1, -0.05) is 6.07 Å². The minimum absolute atomic E-state index is 0.231. The fraction of sp³-hybridized carbons (Fsp3) is 0. The van der Waals surface area contributed by atoms with Crippen LogP contribution in [-0.2, 0) is 0 Å². The van der Waals surface area contributed by atoms with E-state index in [2.05, 4.69) is 4.98 Å². The van der Waals surface area contributed by atoms with Crippen molar-refractivity contribution in [2.24, 2.45) is 0 Å². The highest BCUT2D eigenvalue weighted by Gasteiger charge is 2.05. The van der Waals surface area contributed by atoms with Crippen molar-refractivity contribution in [1.29, 1.82) is 0 Å². The number of fused-ring (bicyclic) bond motifs is 1. The van der Waals surface area contributed by atoms with Gasteiger partial charge in [0.15, 0.2) is 5.76 Å². The molecule has 0 aliphatic heterocycles. The van der Waals surface area contributed by atoms with Gasteiger partial charge in [0.1, 0.15) is 5.58 Å². The van der Waals surface area contributed by atoms with Crippen molar-refractivity contribution in [3.05, 3.63) is 79.8 Å². The number of thiazole rings is 1. The van der Waals surface area contributed by atoms with Crippen LogP contribution in [0.4, 0.5) is 0 Å². The number of benzene rings is 1. The molecule has 118 valence electrons. The molecule has 0 radical (unpaired) electrons. The molecule has 3 aromatic heterocycles. The number of carbonyl (C=O) groups is 1. The van der Waals surface area contributed by atoms with E-state index in [1.54, 1.807) is 24.5 Å². The Bertz CT molecular complexity index is 1190. The van der Waals surface area contributed by atoms with Gasteiger partial charge in [0, 0.05) is 11.5 Å². The summed E-state index contributed by atoms with van der Waals surface area (Å²) in [6.45, 7) is 0. The predicted molar refractivity (Wildman–Crippen MR) is 91.5 cm³/mol. The number of carbonyl (C=O) groups excluding carboxylic acids is 1. The smallest absolute Gasteiger partial charge is 0.266 e. The molecule has 24 heavy (non-hydrogen) atoms. The SMILES string of the molecule is O=C(/C=c1\[nH]c(=O)/c(=C/c2ccc3occc3c2)s1)c1ccco1. The zero-order chi connectivity index (χ0) is 16.5. The second kappa shape index (κ2) is 5.82. The van der Waals surface area contributed by atoms with Gasteiger partial charge in [-0.2, -0.15) is 0 Å². The van der Waals surface area contributed by atoms with E-state index in [0.29, 0.717) is 9.20 Å². The van der Waals surface area contributed by atoms with E-state index in [1.165, 1.54) is 23.7 Å². The summed E-state index contributed by atoms with van der Waals surface area (Å²) in [6, 6.07) is 10.8. The van der Waals surface area contributed by atoms with Crippen molar-refractivity contribution in [3.63, 3.8) is 0 Å². The number of nitrogens with one attached hydrogen (secondary N) is 1. The molecule has 0 bridgehead atoms. The Morgan fingerprint density at radius 2 is 2.04 bits per heavy atom. The van der Waals surface area contributed by atoms with Crippen molar-refractivity contribution in [1.82, 2.24) is 4.98 Å². The molecule has 0 spiro atoms. The molecule has 1 aromatic carbocycles. The van der Waals surface area contributed by atoms with Crippen LogP contribution in [0.5, 0.6) is 0 Å². The lowest BCUT2D eigenvalue weighted by Crippen LogP contribution is -2.19. The number of aromatic amines is 1. The second-order valence-electron chi connectivity index (χ2n) is 5.13. The van der Waals surface area contributed by atoms with Gasteiger partial charge in [-0.3, -0.25) is 9.59 Å². The molecule has 4 rings (SSSR count). The largest absolute Gasteiger partial charge is 0.464 e. The fourth-order valence-electron chi connectivity index (χ4n) is 2.36. The zero-order valence-corrected chi connectivity index (χ0v) is 13.1. The van der Waals surface area contributed by atoms with Gasteiger partial charge in [0.2, 0.25) is 5.78 Å². The molecule has 3 heterocycles. The first kappa shape index (κ1) is 14.5. The number of hydrogen-bond donors (Lipinski definition) is 1. The van der Waals surface area contributed by atoms with Crippen LogP contribution in [0.2, 0.25) is 0 Å². The van der Waals surface area contributed by atoms with Crippen LogP contribution in [0, 0.1) is 0 Å². The Kier molecular flexibility index (Phi) is 3.51. The van der Waals surface area contributed by atoms with Gasteiger partial charge >= 0.3 is 0 Å². The average molecular weight is 337 g/mol. The third-order valence-corrected chi connectivity index (χ3v) is 4.44. The molecule has 0 fully saturated rings. The Morgan fingerprint density at radius 3 is 2.88 bits per heavy atom. The molecule has 1 N–H and O–H groups in total. The van der Waals surface area contributed by atoms with E-state index in [0.717, 1.165) is 16.5 Å². The molecule has 5 nitrogen and oxygen atoms in total. The van der Waals surface area contributed by atoms with Crippen LogP contribution in [-0.4, -0.2) is 10.8 Å². The molecule has 6 heteroatoms. The van der Waals surface area contributed by atoms with E-state index in [9.17, 15) is 9.59 Å². The molecule has 4 aromatic rings. The summed E-state index contributed by atoms with van der Waals surface area (Å²) in [6.07, 6.45) is 6.20. The summed E-state index contributed by atoms with van der Waals surface area (Å²) in [7, 11) is 0. The van der Waals surface area contributed by atoms with E-state index in [1.807, 2.05) is 24.3 Å². The van der Waals surface area contributed by atoms with Gasteiger partial charge in [0.25, 0.3) is 5.56 Å². The van der Waals surface area contributed by atoms with Crippen molar-refractivity contribution in [2.75, 3.05) is 0 Å². The van der Waals surface area contributed by atoms with Crippen molar-refractivity contribution in [2.45, 2.75) is 0 Å². The Hall–Kier alpha value is -3.12. The molecule has 0 aliphatic rings. The van der Waals surface area contributed by atoms with E-state index < -0.39 is 0 Å². The Labute approximate surface area is 139 Å². The lowest BCUT2D eigenvalue weighted by atomic mass is 10.1. The number of furan rings is 2. The van der Waals surface area contributed by atoms with Crippen LogP contribution in [0.15, 0.2) is 62.6 Å². The van der Waals surface area contributed by atoms with Crippen molar-refractivity contribution in [3.8, 4) is 0 Å². The maximum absolute atomic E-state index is 12.1. The highest BCUT2D eigenvalue weighted by Crippen LogP contribution is 2.17. The standard InChI is InChI=1S/C18H11NO4S/c20-13(15-2-1-6-22-15)10-17-19-18(21)16(24-17)9-11-3-4-14-12(8-11)5-7-23-14/h1-10H,(H,19,21)/b16-9-,17-10+. The molecule has 0 saturated carbocycles. The highest BCUT2D eigenvalue weighted by molar-refractivity contribution is 7.07. The molecule has 0 unspecified atom stereocenters. The quantitative estimate of drug-likeness (QED) is 0.582. The number of ketones is 1. The number of aromatic nitrogens is 1.